The predicted molar refractivity (Wildman–Crippen MR) is 84.3 cm³/mol. The largest absolute Gasteiger partial charge is 0.497 e. The van der Waals surface area contributed by atoms with Gasteiger partial charge in [0, 0.05) is 6.42 Å². The van der Waals surface area contributed by atoms with E-state index in [2.05, 4.69) is 39.5 Å². The van der Waals surface area contributed by atoms with E-state index in [0.717, 1.165) is 32.8 Å². The quantitative estimate of drug-likeness (QED) is 0.842. The molecule has 0 aliphatic carbocycles. The van der Waals surface area contributed by atoms with E-state index < -0.39 is 0 Å². The molecule has 0 radical (unpaired) electrons. The molecular formula is C14H16IN3O. The normalized spacial score (nSPS) is 10.5. The first-order chi connectivity index (χ1) is 9.13. The Bertz CT molecular complexity index is 587. The monoisotopic (exact) mass is 369 g/mol. The van der Waals surface area contributed by atoms with E-state index in [1.54, 1.807) is 7.11 Å². The highest BCUT2D eigenvalue weighted by Gasteiger charge is 2.09. The number of aromatic nitrogens is 2. The van der Waals surface area contributed by atoms with E-state index in [1.165, 1.54) is 0 Å². The van der Waals surface area contributed by atoms with Crippen molar-refractivity contribution < 1.29 is 4.74 Å². The zero-order valence-electron chi connectivity index (χ0n) is 11.0. The van der Waals surface area contributed by atoms with Crippen LogP contribution >= 0.6 is 22.6 Å². The van der Waals surface area contributed by atoms with Crippen molar-refractivity contribution in [2.24, 2.45) is 0 Å². The molecule has 0 saturated heterocycles. The topological polar surface area (TPSA) is 61.0 Å². The second-order valence-corrected chi connectivity index (χ2v) is 5.25. The molecule has 2 rings (SSSR count). The Hall–Kier alpha value is -1.37. The van der Waals surface area contributed by atoms with E-state index in [9.17, 15) is 0 Å². The van der Waals surface area contributed by atoms with Gasteiger partial charge in [-0.25, -0.2) is 9.97 Å². The van der Waals surface area contributed by atoms with Crippen molar-refractivity contribution in [2.75, 3.05) is 12.8 Å². The lowest BCUT2D eigenvalue weighted by Crippen LogP contribution is -2.07. The lowest BCUT2D eigenvalue weighted by molar-refractivity contribution is 0.414. The van der Waals surface area contributed by atoms with E-state index in [-0.39, 0.29) is 0 Å². The summed E-state index contributed by atoms with van der Waals surface area (Å²) in [6.07, 6.45) is 1.52. The summed E-state index contributed by atoms with van der Waals surface area (Å²) in [4.78, 5) is 8.91. The maximum absolute atomic E-state index is 5.92. The highest BCUT2D eigenvalue weighted by Crippen LogP contribution is 2.19. The molecule has 4 nitrogen and oxygen atoms in total. The second kappa shape index (κ2) is 6.18. The third-order valence-electron chi connectivity index (χ3n) is 2.82. The molecule has 0 bridgehead atoms. The minimum atomic E-state index is 0.561. The number of ether oxygens (including phenoxy) is 1. The number of hydrogen-bond acceptors (Lipinski definition) is 4. The molecule has 5 heteroatoms. The summed E-state index contributed by atoms with van der Waals surface area (Å²) in [6, 6.07) is 7.91. The van der Waals surface area contributed by atoms with Crippen molar-refractivity contribution in [3.05, 3.63) is 44.9 Å². The number of benzene rings is 1. The molecule has 1 aromatic heterocycles. The van der Waals surface area contributed by atoms with Gasteiger partial charge in [0.25, 0.3) is 0 Å². The fraction of sp³-hybridized carbons (Fsp3) is 0.286. The zero-order chi connectivity index (χ0) is 13.8. The lowest BCUT2D eigenvalue weighted by Gasteiger charge is -2.08. The van der Waals surface area contributed by atoms with Crippen LogP contribution in [0.1, 0.15) is 24.0 Å². The van der Waals surface area contributed by atoms with Gasteiger partial charge in [-0.2, -0.15) is 0 Å². The van der Waals surface area contributed by atoms with Crippen molar-refractivity contribution in [1.82, 2.24) is 9.97 Å². The minimum absolute atomic E-state index is 0.561. The molecule has 0 aliphatic rings. The third kappa shape index (κ3) is 3.34. The molecule has 0 spiro atoms. The van der Waals surface area contributed by atoms with Gasteiger partial charge < -0.3 is 10.5 Å². The first-order valence-electron chi connectivity index (χ1n) is 6.07. The van der Waals surface area contributed by atoms with Crippen LogP contribution in [0, 0.1) is 3.57 Å². The Balaban J connectivity index is 2.30. The van der Waals surface area contributed by atoms with Gasteiger partial charge in [-0.3, -0.25) is 0 Å². The van der Waals surface area contributed by atoms with E-state index in [1.807, 2.05) is 24.3 Å². The molecule has 1 heterocycles. The molecule has 0 aliphatic heterocycles. The summed E-state index contributed by atoms with van der Waals surface area (Å²) in [5.41, 5.74) is 8.04. The Kier molecular flexibility index (Phi) is 4.57. The molecule has 2 N–H and O–H groups in total. The van der Waals surface area contributed by atoms with Crippen LogP contribution < -0.4 is 10.5 Å². The second-order valence-electron chi connectivity index (χ2n) is 4.17. The molecule has 19 heavy (non-hydrogen) atoms. The van der Waals surface area contributed by atoms with Crippen molar-refractivity contribution in [2.45, 2.75) is 19.8 Å². The van der Waals surface area contributed by atoms with Gasteiger partial charge in [0.2, 0.25) is 0 Å². The summed E-state index contributed by atoms with van der Waals surface area (Å²) in [5.74, 6) is 2.15. The highest BCUT2D eigenvalue weighted by atomic mass is 127. The molecule has 0 unspecified atom stereocenters. The summed E-state index contributed by atoms with van der Waals surface area (Å²) in [6.45, 7) is 2.07. The number of nitrogens with zero attached hydrogens (tertiary/aromatic N) is 2. The fourth-order valence-corrected chi connectivity index (χ4v) is 2.47. The van der Waals surface area contributed by atoms with Crippen LogP contribution in [0.3, 0.4) is 0 Å². The Morgan fingerprint density at radius 2 is 2.11 bits per heavy atom. The molecule has 2 aromatic rings. The molecular weight excluding hydrogens is 353 g/mol. The van der Waals surface area contributed by atoms with Gasteiger partial charge in [0.1, 0.15) is 17.4 Å². The first-order valence-corrected chi connectivity index (χ1v) is 7.15. The average molecular weight is 369 g/mol. The van der Waals surface area contributed by atoms with Gasteiger partial charge in [-0.1, -0.05) is 19.1 Å². The number of nitrogens with two attached hydrogens (primary N) is 1. The van der Waals surface area contributed by atoms with Crippen LogP contribution in [-0.4, -0.2) is 17.1 Å². The van der Waals surface area contributed by atoms with Crippen LogP contribution in [0.25, 0.3) is 0 Å². The van der Waals surface area contributed by atoms with Crippen LogP contribution in [0.15, 0.2) is 24.3 Å². The van der Waals surface area contributed by atoms with Crippen molar-refractivity contribution in [1.29, 1.82) is 0 Å². The number of halogens is 1. The molecule has 0 atom stereocenters. The third-order valence-corrected chi connectivity index (χ3v) is 4.00. The number of hydrogen-bond donors (Lipinski definition) is 1. The van der Waals surface area contributed by atoms with Crippen molar-refractivity contribution >= 4 is 28.4 Å². The summed E-state index contributed by atoms with van der Waals surface area (Å²) in [5, 5.41) is 0. The average Bonchev–Trinajstić information content (AvgIpc) is 2.43. The maximum Gasteiger partial charge on any atom is 0.140 e. The molecule has 0 amide bonds. The van der Waals surface area contributed by atoms with Gasteiger partial charge in [-0.15, -0.1) is 0 Å². The standard InChI is InChI=1S/C14H16IN3O/c1-3-11-13(15)14(16)18-12(17-11)8-9-5-4-6-10(7-9)19-2/h4-7H,3,8H2,1-2H3,(H2,16,17,18). The van der Waals surface area contributed by atoms with Gasteiger partial charge in [-0.05, 0) is 46.7 Å². The zero-order valence-corrected chi connectivity index (χ0v) is 13.1. The van der Waals surface area contributed by atoms with Gasteiger partial charge in [0.05, 0.1) is 16.4 Å². The Labute approximate surface area is 126 Å². The van der Waals surface area contributed by atoms with Crippen LogP contribution in [0.2, 0.25) is 0 Å². The minimum Gasteiger partial charge on any atom is -0.497 e. The molecule has 0 fully saturated rings. The summed E-state index contributed by atoms with van der Waals surface area (Å²) < 4.78 is 6.17. The van der Waals surface area contributed by atoms with Crippen LogP contribution in [0.4, 0.5) is 5.82 Å². The fourth-order valence-electron chi connectivity index (χ4n) is 1.84. The predicted octanol–water partition coefficient (Wildman–Crippen LogP) is 2.83. The van der Waals surface area contributed by atoms with Crippen molar-refractivity contribution in [3.8, 4) is 5.75 Å². The van der Waals surface area contributed by atoms with Gasteiger partial charge in [0.15, 0.2) is 0 Å². The number of rotatable bonds is 4. The Morgan fingerprint density at radius 3 is 2.79 bits per heavy atom. The van der Waals surface area contributed by atoms with Crippen LogP contribution in [-0.2, 0) is 12.8 Å². The number of anilines is 1. The number of aryl methyl sites for hydroxylation is 1. The highest BCUT2D eigenvalue weighted by molar-refractivity contribution is 14.1. The lowest BCUT2D eigenvalue weighted by atomic mass is 10.1. The SMILES string of the molecule is CCc1nc(Cc2cccc(OC)c2)nc(N)c1I. The molecule has 0 saturated carbocycles. The molecule has 1 aromatic carbocycles. The molecule has 100 valence electrons. The number of methoxy groups -OCH3 is 1. The van der Waals surface area contributed by atoms with Crippen molar-refractivity contribution in [3.63, 3.8) is 0 Å². The number of nitrogen functional groups attached to an aromatic ring is 1. The van der Waals surface area contributed by atoms with Crippen LogP contribution in [0.5, 0.6) is 5.75 Å². The van der Waals surface area contributed by atoms with E-state index >= 15 is 0 Å². The maximum atomic E-state index is 5.92. The van der Waals surface area contributed by atoms with Gasteiger partial charge >= 0.3 is 0 Å². The first kappa shape index (κ1) is 14.0. The smallest absolute Gasteiger partial charge is 0.140 e. The Morgan fingerprint density at radius 1 is 1.32 bits per heavy atom. The summed E-state index contributed by atoms with van der Waals surface area (Å²) in [7, 11) is 1.66. The van der Waals surface area contributed by atoms with E-state index in [4.69, 9.17) is 10.5 Å². The van der Waals surface area contributed by atoms with E-state index in [0.29, 0.717) is 12.2 Å². The summed E-state index contributed by atoms with van der Waals surface area (Å²) >= 11 is 2.19.